The highest BCUT2D eigenvalue weighted by Gasteiger charge is 2.23. The van der Waals surface area contributed by atoms with Crippen molar-refractivity contribution in [1.82, 2.24) is 24.6 Å². The van der Waals surface area contributed by atoms with Crippen LogP contribution in [0.5, 0.6) is 0 Å². The molecule has 122 valence electrons. The summed E-state index contributed by atoms with van der Waals surface area (Å²) in [5.74, 6) is 2.15. The molecule has 0 aromatic carbocycles. The van der Waals surface area contributed by atoms with Gasteiger partial charge in [0.25, 0.3) is 5.91 Å². The summed E-state index contributed by atoms with van der Waals surface area (Å²) in [5.41, 5.74) is 0.644. The smallest absolute Gasteiger partial charge is 0.257 e. The molecule has 7 nitrogen and oxygen atoms in total. The Labute approximate surface area is 135 Å². The Morgan fingerprint density at radius 1 is 1.22 bits per heavy atom. The minimum Gasteiger partial charge on any atom is -0.353 e. The van der Waals surface area contributed by atoms with Gasteiger partial charge in [-0.3, -0.25) is 9.48 Å². The number of hydrogen-bond acceptors (Lipinski definition) is 5. The number of nitrogens with zero attached hydrogens (tertiary/aromatic N) is 6. The molecule has 1 saturated heterocycles. The van der Waals surface area contributed by atoms with Crippen molar-refractivity contribution in [3.63, 3.8) is 0 Å². The summed E-state index contributed by atoms with van der Waals surface area (Å²) in [6.45, 7) is 7.11. The molecule has 3 rings (SSSR count). The average molecular weight is 314 g/mol. The molecule has 0 spiro atoms. The van der Waals surface area contributed by atoms with E-state index in [0.29, 0.717) is 24.6 Å². The van der Waals surface area contributed by atoms with Crippen molar-refractivity contribution < 1.29 is 4.79 Å². The first kappa shape index (κ1) is 15.5. The topological polar surface area (TPSA) is 67.2 Å². The molecule has 0 N–H and O–H groups in total. The minimum absolute atomic E-state index is 0.0447. The molecule has 0 radical (unpaired) electrons. The van der Waals surface area contributed by atoms with Crippen LogP contribution in [-0.2, 0) is 7.05 Å². The summed E-state index contributed by atoms with van der Waals surface area (Å²) in [6.07, 6.45) is 5.19. The molecule has 0 saturated carbocycles. The first-order valence-electron chi connectivity index (χ1n) is 7.90. The van der Waals surface area contributed by atoms with Crippen molar-refractivity contribution in [3.05, 3.63) is 36.0 Å². The zero-order valence-corrected chi connectivity index (χ0v) is 13.8. The highest BCUT2D eigenvalue weighted by molar-refractivity contribution is 5.93. The zero-order valence-electron chi connectivity index (χ0n) is 13.8. The maximum absolute atomic E-state index is 12.4. The fourth-order valence-electron chi connectivity index (χ4n) is 2.67. The molecular weight excluding hydrogens is 292 g/mol. The summed E-state index contributed by atoms with van der Waals surface area (Å²) in [6, 6.07) is 1.93. The standard InChI is InChI=1S/C16H22N6O/c1-12(2)15-17-5-4-14(19-15)21-6-8-22(9-7-21)16(23)13-10-18-20(3)11-13/h4-5,10-12H,6-9H2,1-3H3. The van der Waals surface area contributed by atoms with Gasteiger partial charge in [-0.05, 0) is 6.07 Å². The summed E-state index contributed by atoms with van der Waals surface area (Å²) < 4.78 is 1.65. The van der Waals surface area contributed by atoms with E-state index in [1.54, 1.807) is 17.1 Å². The molecule has 0 unspecified atom stereocenters. The molecule has 2 aromatic heterocycles. The second-order valence-electron chi connectivity index (χ2n) is 6.11. The van der Waals surface area contributed by atoms with Crippen LogP contribution in [0, 0.1) is 0 Å². The quantitative estimate of drug-likeness (QED) is 0.854. The largest absolute Gasteiger partial charge is 0.353 e. The van der Waals surface area contributed by atoms with Crippen LogP contribution in [0.3, 0.4) is 0 Å². The van der Waals surface area contributed by atoms with Gasteiger partial charge in [0.2, 0.25) is 0 Å². The molecule has 2 aromatic rings. The van der Waals surface area contributed by atoms with Crippen molar-refractivity contribution in [2.75, 3.05) is 31.1 Å². The number of carbonyl (C=O) groups excluding carboxylic acids is 1. The molecule has 0 atom stereocenters. The fourth-order valence-corrected chi connectivity index (χ4v) is 2.67. The van der Waals surface area contributed by atoms with Crippen molar-refractivity contribution in [1.29, 1.82) is 0 Å². The van der Waals surface area contributed by atoms with Crippen LogP contribution < -0.4 is 4.90 Å². The van der Waals surface area contributed by atoms with Crippen molar-refractivity contribution in [2.45, 2.75) is 19.8 Å². The van der Waals surface area contributed by atoms with E-state index in [9.17, 15) is 4.79 Å². The summed E-state index contributed by atoms with van der Waals surface area (Å²) in [4.78, 5) is 25.4. The highest BCUT2D eigenvalue weighted by atomic mass is 16.2. The minimum atomic E-state index is 0.0447. The molecule has 0 aliphatic carbocycles. The number of piperazine rings is 1. The van der Waals surface area contributed by atoms with Gasteiger partial charge in [-0.2, -0.15) is 5.10 Å². The molecular formula is C16H22N6O. The molecule has 1 amide bonds. The fraction of sp³-hybridized carbons (Fsp3) is 0.500. The Kier molecular flexibility index (Phi) is 4.27. The first-order chi connectivity index (χ1) is 11.0. The monoisotopic (exact) mass is 314 g/mol. The third-order valence-electron chi connectivity index (χ3n) is 4.02. The van der Waals surface area contributed by atoms with Gasteiger partial charge >= 0.3 is 0 Å². The maximum Gasteiger partial charge on any atom is 0.257 e. The van der Waals surface area contributed by atoms with Crippen LogP contribution in [-0.4, -0.2) is 56.7 Å². The molecule has 1 fully saturated rings. The van der Waals surface area contributed by atoms with Crippen molar-refractivity contribution in [2.24, 2.45) is 7.05 Å². The summed E-state index contributed by atoms with van der Waals surface area (Å²) >= 11 is 0. The van der Waals surface area contributed by atoms with Gasteiger partial charge in [-0.1, -0.05) is 13.8 Å². The van der Waals surface area contributed by atoms with Crippen molar-refractivity contribution >= 4 is 11.7 Å². The summed E-state index contributed by atoms with van der Waals surface area (Å²) in [5, 5.41) is 4.06. The van der Waals surface area contributed by atoms with Crippen LogP contribution in [0.25, 0.3) is 0 Å². The Hall–Kier alpha value is -2.44. The van der Waals surface area contributed by atoms with Gasteiger partial charge in [0.05, 0.1) is 11.8 Å². The van der Waals surface area contributed by atoms with Crippen LogP contribution in [0.1, 0.15) is 35.9 Å². The summed E-state index contributed by atoms with van der Waals surface area (Å²) in [7, 11) is 1.82. The predicted molar refractivity (Wildman–Crippen MR) is 87.4 cm³/mol. The van der Waals surface area contributed by atoms with Gasteiger partial charge in [0, 0.05) is 51.5 Å². The van der Waals surface area contributed by atoms with E-state index in [1.165, 1.54) is 0 Å². The second-order valence-corrected chi connectivity index (χ2v) is 6.11. The van der Waals surface area contributed by atoms with E-state index in [2.05, 4.69) is 33.8 Å². The Morgan fingerprint density at radius 2 is 1.96 bits per heavy atom. The molecule has 23 heavy (non-hydrogen) atoms. The Morgan fingerprint density at radius 3 is 2.57 bits per heavy atom. The number of rotatable bonds is 3. The van der Waals surface area contributed by atoms with Gasteiger partial charge in [-0.25, -0.2) is 9.97 Å². The predicted octanol–water partition coefficient (Wildman–Crippen LogP) is 1.30. The maximum atomic E-state index is 12.4. The molecule has 3 heterocycles. The van der Waals surface area contributed by atoms with Gasteiger partial charge in [0.15, 0.2) is 0 Å². The number of carbonyl (C=O) groups is 1. The van der Waals surface area contributed by atoms with Gasteiger partial charge in [0.1, 0.15) is 11.6 Å². The lowest BCUT2D eigenvalue weighted by molar-refractivity contribution is 0.0746. The van der Waals surface area contributed by atoms with E-state index in [0.717, 1.165) is 24.7 Å². The lowest BCUT2D eigenvalue weighted by Crippen LogP contribution is -2.49. The normalized spacial score (nSPS) is 15.3. The van der Waals surface area contributed by atoms with Crippen LogP contribution in [0.15, 0.2) is 24.7 Å². The first-order valence-corrected chi connectivity index (χ1v) is 7.90. The zero-order chi connectivity index (χ0) is 16.4. The number of hydrogen-bond donors (Lipinski definition) is 0. The third kappa shape index (κ3) is 3.33. The van der Waals surface area contributed by atoms with Gasteiger partial charge in [-0.15, -0.1) is 0 Å². The van der Waals surface area contributed by atoms with Crippen LogP contribution in [0.2, 0.25) is 0 Å². The van der Waals surface area contributed by atoms with Gasteiger partial charge < -0.3 is 9.80 Å². The lowest BCUT2D eigenvalue weighted by Gasteiger charge is -2.35. The average Bonchev–Trinajstić information content (AvgIpc) is 3.01. The van der Waals surface area contributed by atoms with Crippen LogP contribution >= 0.6 is 0 Å². The van der Waals surface area contributed by atoms with E-state index >= 15 is 0 Å². The number of aromatic nitrogens is 4. The lowest BCUT2D eigenvalue weighted by atomic mass is 10.2. The number of anilines is 1. The number of aryl methyl sites for hydroxylation is 1. The SMILES string of the molecule is CC(C)c1nccc(N2CCN(C(=O)c3cnn(C)c3)CC2)n1. The van der Waals surface area contributed by atoms with E-state index in [1.807, 2.05) is 24.2 Å². The van der Waals surface area contributed by atoms with Crippen molar-refractivity contribution in [3.8, 4) is 0 Å². The highest BCUT2D eigenvalue weighted by Crippen LogP contribution is 2.17. The number of amides is 1. The Balaban J connectivity index is 1.64. The van der Waals surface area contributed by atoms with E-state index in [4.69, 9.17) is 0 Å². The molecule has 1 aliphatic heterocycles. The van der Waals surface area contributed by atoms with E-state index in [-0.39, 0.29) is 5.91 Å². The molecule has 1 aliphatic rings. The second kappa shape index (κ2) is 6.36. The van der Waals surface area contributed by atoms with E-state index < -0.39 is 0 Å². The molecule has 7 heteroatoms. The third-order valence-corrected chi connectivity index (χ3v) is 4.02. The Bertz CT molecular complexity index is 687. The van der Waals surface area contributed by atoms with Crippen LogP contribution in [0.4, 0.5) is 5.82 Å². The molecule has 0 bridgehead atoms.